The number of ether oxygens (including phenoxy) is 1. The van der Waals surface area contributed by atoms with E-state index in [0.29, 0.717) is 23.0 Å². The number of nitrogens with zero attached hydrogens (tertiary/aromatic N) is 3. The van der Waals surface area contributed by atoms with Crippen molar-refractivity contribution in [1.29, 1.82) is 0 Å². The molecule has 1 aliphatic rings. The Balaban J connectivity index is 2.03. The molecule has 0 spiro atoms. The molecule has 2 rings (SSSR count). The van der Waals surface area contributed by atoms with E-state index in [0.717, 1.165) is 0 Å². The van der Waals surface area contributed by atoms with Crippen molar-refractivity contribution in [3.8, 4) is 6.01 Å². The third-order valence-corrected chi connectivity index (χ3v) is 3.91. The Kier molecular flexibility index (Phi) is 4.42. The molecule has 17 heavy (non-hydrogen) atoms. The summed E-state index contributed by atoms with van der Waals surface area (Å²) in [5, 5.41) is 1.30. The highest BCUT2D eigenvalue weighted by Crippen LogP contribution is 2.32. The van der Waals surface area contributed by atoms with Crippen molar-refractivity contribution in [3.05, 3.63) is 0 Å². The Labute approximate surface area is 106 Å². The lowest BCUT2D eigenvalue weighted by Crippen LogP contribution is -2.10. The highest BCUT2D eigenvalue weighted by atomic mass is 32.2. The van der Waals surface area contributed by atoms with Crippen LogP contribution in [-0.2, 0) is 0 Å². The maximum absolute atomic E-state index is 5.64. The third kappa shape index (κ3) is 3.73. The molecule has 0 unspecified atom stereocenters. The van der Waals surface area contributed by atoms with Gasteiger partial charge >= 0.3 is 6.01 Å². The quantitative estimate of drug-likeness (QED) is 0.888. The average Bonchev–Trinajstić information content (AvgIpc) is 2.30. The van der Waals surface area contributed by atoms with Gasteiger partial charge in [0.05, 0.1) is 6.61 Å². The topological polar surface area (TPSA) is 73.9 Å². The fourth-order valence-electron chi connectivity index (χ4n) is 1.93. The highest BCUT2D eigenvalue weighted by molar-refractivity contribution is 7.99. The van der Waals surface area contributed by atoms with Crippen LogP contribution in [0.15, 0.2) is 5.16 Å². The summed E-state index contributed by atoms with van der Waals surface area (Å²) < 4.78 is 5.26. The number of hydrogen-bond donors (Lipinski definition) is 1. The molecule has 2 N–H and O–H groups in total. The fourth-order valence-corrected chi connectivity index (χ4v) is 3.08. The van der Waals surface area contributed by atoms with Crippen LogP contribution in [0.5, 0.6) is 6.01 Å². The lowest BCUT2D eigenvalue weighted by molar-refractivity contribution is 0.308. The largest absolute Gasteiger partial charge is 0.464 e. The van der Waals surface area contributed by atoms with Crippen molar-refractivity contribution in [2.75, 3.05) is 12.3 Å². The summed E-state index contributed by atoms with van der Waals surface area (Å²) in [6.45, 7) is 2.44. The summed E-state index contributed by atoms with van der Waals surface area (Å²) in [6.07, 6.45) is 6.42. The number of aromatic nitrogens is 3. The molecule has 1 aromatic heterocycles. The molecule has 6 heteroatoms. The number of nitrogen functional groups attached to an aromatic ring is 1. The normalized spacial score (nSPS) is 17.0. The Hall–Kier alpha value is -1.04. The van der Waals surface area contributed by atoms with Crippen LogP contribution in [-0.4, -0.2) is 26.8 Å². The van der Waals surface area contributed by atoms with Crippen LogP contribution in [0.3, 0.4) is 0 Å². The van der Waals surface area contributed by atoms with Gasteiger partial charge in [0.1, 0.15) is 0 Å². The van der Waals surface area contributed by atoms with E-state index in [9.17, 15) is 0 Å². The van der Waals surface area contributed by atoms with Crippen molar-refractivity contribution in [2.24, 2.45) is 0 Å². The Morgan fingerprint density at radius 2 is 2.00 bits per heavy atom. The van der Waals surface area contributed by atoms with E-state index in [-0.39, 0.29) is 5.95 Å². The van der Waals surface area contributed by atoms with Gasteiger partial charge in [-0.2, -0.15) is 15.0 Å². The van der Waals surface area contributed by atoms with Gasteiger partial charge in [-0.3, -0.25) is 0 Å². The molecule has 0 aliphatic heterocycles. The SMILES string of the molecule is CCOc1nc(N)nc(SC2CCCCC2)n1. The smallest absolute Gasteiger partial charge is 0.322 e. The maximum Gasteiger partial charge on any atom is 0.322 e. The van der Waals surface area contributed by atoms with Crippen LogP contribution < -0.4 is 10.5 Å². The number of anilines is 1. The minimum absolute atomic E-state index is 0.238. The second-order valence-electron chi connectivity index (χ2n) is 4.07. The van der Waals surface area contributed by atoms with Gasteiger partial charge in [-0.1, -0.05) is 31.0 Å². The van der Waals surface area contributed by atoms with Crippen molar-refractivity contribution in [2.45, 2.75) is 49.4 Å². The Morgan fingerprint density at radius 1 is 1.24 bits per heavy atom. The summed E-state index contributed by atoms with van der Waals surface area (Å²) in [6, 6.07) is 0.332. The second-order valence-corrected chi connectivity index (χ2v) is 5.34. The fraction of sp³-hybridized carbons (Fsp3) is 0.727. The number of thioether (sulfide) groups is 1. The molecule has 0 saturated heterocycles. The van der Waals surface area contributed by atoms with Gasteiger partial charge in [-0.15, -0.1) is 0 Å². The molecular weight excluding hydrogens is 236 g/mol. The average molecular weight is 254 g/mol. The van der Waals surface area contributed by atoms with E-state index in [1.807, 2.05) is 6.92 Å². The van der Waals surface area contributed by atoms with Crippen LogP contribution in [0.25, 0.3) is 0 Å². The summed E-state index contributed by atoms with van der Waals surface area (Å²) in [5.41, 5.74) is 5.64. The molecule has 0 radical (unpaired) electrons. The monoisotopic (exact) mass is 254 g/mol. The van der Waals surface area contributed by atoms with E-state index < -0.39 is 0 Å². The van der Waals surface area contributed by atoms with Crippen molar-refractivity contribution >= 4 is 17.7 Å². The van der Waals surface area contributed by atoms with E-state index in [1.54, 1.807) is 11.8 Å². The number of hydrogen-bond acceptors (Lipinski definition) is 6. The lowest BCUT2D eigenvalue weighted by atomic mass is 10.0. The third-order valence-electron chi connectivity index (χ3n) is 2.71. The second kappa shape index (κ2) is 6.05. The van der Waals surface area contributed by atoms with Gasteiger partial charge in [0.15, 0.2) is 5.16 Å². The first-order chi connectivity index (χ1) is 8.28. The minimum Gasteiger partial charge on any atom is -0.464 e. The molecule has 0 atom stereocenters. The molecule has 5 nitrogen and oxygen atoms in total. The molecule has 0 amide bonds. The zero-order valence-corrected chi connectivity index (χ0v) is 10.9. The molecule has 1 aromatic rings. The van der Waals surface area contributed by atoms with Gasteiger partial charge in [0.2, 0.25) is 5.95 Å². The summed E-state index contributed by atoms with van der Waals surface area (Å²) >= 11 is 1.70. The van der Waals surface area contributed by atoms with Crippen molar-refractivity contribution < 1.29 is 4.74 Å². The van der Waals surface area contributed by atoms with Crippen molar-refractivity contribution in [1.82, 2.24) is 15.0 Å². The number of rotatable bonds is 4. The first-order valence-electron chi connectivity index (χ1n) is 6.09. The summed E-state index contributed by atoms with van der Waals surface area (Å²) in [7, 11) is 0. The standard InChI is InChI=1S/C11H18N4OS/c1-2-16-10-13-9(12)14-11(15-10)17-8-6-4-3-5-7-8/h8H,2-7H2,1H3,(H2,12,13,14,15). The molecule has 1 fully saturated rings. The zero-order valence-electron chi connectivity index (χ0n) is 10.1. The zero-order chi connectivity index (χ0) is 12.1. The van der Waals surface area contributed by atoms with Crippen LogP contribution in [0.2, 0.25) is 0 Å². The Morgan fingerprint density at radius 3 is 2.71 bits per heavy atom. The van der Waals surface area contributed by atoms with E-state index in [1.165, 1.54) is 32.1 Å². The molecular formula is C11H18N4OS. The molecule has 94 valence electrons. The van der Waals surface area contributed by atoms with Gasteiger partial charge in [-0.25, -0.2) is 0 Å². The van der Waals surface area contributed by atoms with Gasteiger partial charge in [0, 0.05) is 5.25 Å². The molecule has 1 saturated carbocycles. The molecule has 1 aliphatic carbocycles. The minimum atomic E-state index is 0.238. The number of nitrogens with two attached hydrogens (primary N) is 1. The van der Waals surface area contributed by atoms with Crippen molar-refractivity contribution in [3.63, 3.8) is 0 Å². The predicted octanol–water partition coefficient (Wildman–Crippen LogP) is 2.28. The van der Waals surface area contributed by atoms with Gasteiger partial charge < -0.3 is 10.5 Å². The molecule has 1 heterocycles. The van der Waals surface area contributed by atoms with E-state index >= 15 is 0 Å². The van der Waals surface area contributed by atoms with Crippen LogP contribution in [0.1, 0.15) is 39.0 Å². The van der Waals surface area contributed by atoms with Crippen LogP contribution in [0.4, 0.5) is 5.95 Å². The molecule has 0 bridgehead atoms. The summed E-state index contributed by atoms with van der Waals surface area (Å²) in [4.78, 5) is 12.3. The maximum atomic E-state index is 5.64. The van der Waals surface area contributed by atoms with Gasteiger partial charge in [-0.05, 0) is 19.8 Å². The first-order valence-corrected chi connectivity index (χ1v) is 6.97. The molecule has 0 aromatic carbocycles. The Bertz CT molecular complexity index is 368. The van der Waals surface area contributed by atoms with Crippen LogP contribution >= 0.6 is 11.8 Å². The lowest BCUT2D eigenvalue weighted by Gasteiger charge is -2.19. The van der Waals surface area contributed by atoms with E-state index in [2.05, 4.69) is 15.0 Å². The highest BCUT2D eigenvalue weighted by Gasteiger charge is 2.17. The summed E-state index contributed by atoms with van der Waals surface area (Å²) in [5.74, 6) is 0.238. The predicted molar refractivity (Wildman–Crippen MR) is 68.1 cm³/mol. The van der Waals surface area contributed by atoms with Crippen LogP contribution in [0, 0.1) is 0 Å². The van der Waals surface area contributed by atoms with E-state index in [4.69, 9.17) is 10.5 Å². The van der Waals surface area contributed by atoms with Gasteiger partial charge in [0.25, 0.3) is 0 Å². The first kappa shape index (κ1) is 12.4.